The van der Waals surface area contributed by atoms with Crippen molar-refractivity contribution in [3.8, 4) is 17.1 Å². The number of morpholine rings is 1. The minimum atomic E-state index is -1.01. The number of ether oxygens (including phenoxy) is 2. The molecule has 7 nitrogen and oxygen atoms in total. The van der Waals surface area contributed by atoms with Crippen molar-refractivity contribution < 1.29 is 23.8 Å². The van der Waals surface area contributed by atoms with E-state index in [4.69, 9.17) is 19.0 Å². The van der Waals surface area contributed by atoms with Gasteiger partial charge in [-0.1, -0.05) is 30.0 Å². The van der Waals surface area contributed by atoms with E-state index < -0.39 is 5.97 Å². The first kappa shape index (κ1) is 23.9. The van der Waals surface area contributed by atoms with Crippen LogP contribution in [-0.4, -0.2) is 73.5 Å². The molecule has 2 aliphatic heterocycles. The predicted molar refractivity (Wildman–Crippen MR) is 126 cm³/mol. The third-order valence-electron chi connectivity index (χ3n) is 5.43. The van der Waals surface area contributed by atoms with Crippen LogP contribution in [0, 0.1) is 0 Å². The van der Waals surface area contributed by atoms with Gasteiger partial charge >= 0.3 is 5.97 Å². The van der Waals surface area contributed by atoms with Crippen molar-refractivity contribution in [2.75, 3.05) is 37.8 Å². The van der Waals surface area contributed by atoms with Gasteiger partial charge in [-0.3, -0.25) is 4.79 Å². The second-order valence-corrected chi connectivity index (χ2v) is 8.67. The number of fused-ring (bicyclic) bond motifs is 2. The molecule has 0 unspecified atom stereocenters. The predicted octanol–water partition coefficient (Wildman–Crippen LogP) is 3.28. The largest absolute Gasteiger partial charge is 0.482 e. The molecule has 0 amide bonds. The van der Waals surface area contributed by atoms with Gasteiger partial charge < -0.3 is 23.9 Å². The Hall–Kier alpha value is -2.23. The fourth-order valence-electron chi connectivity index (χ4n) is 3.92. The SMILES string of the molecule is O=C(O)COc1ccc2c(c1)Cc1cccc(-c3cc(=O)cc(N4CCOCC4)o3)c1S2.[Na]. The van der Waals surface area contributed by atoms with Gasteiger partial charge in [0.2, 0.25) is 0 Å². The number of carbonyl (C=O) groups is 1. The van der Waals surface area contributed by atoms with Crippen LogP contribution in [0.1, 0.15) is 11.1 Å². The fourth-order valence-corrected chi connectivity index (χ4v) is 5.09. The Bertz CT molecular complexity index is 1240. The summed E-state index contributed by atoms with van der Waals surface area (Å²) in [4.78, 5) is 27.4. The van der Waals surface area contributed by atoms with Gasteiger partial charge in [-0.25, -0.2) is 4.79 Å². The number of benzene rings is 2. The number of rotatable bonds is 5. The molecule has 0 aliphatic carbocycles. The number of aliphatic carboxylic acids is 1. The molecular weight excluding hydrogens is 453 g/mol. The van der Waals surface area contributed by atoms with Crippen molar-refractivity contribution in [1.29, 1.82) is 0 Å². The van der Waals surface area contributed by atoms with E-state index in [0.29, 0.717) is 50.1 Å². The topological polar surface area (TPSA) is 89.2 Å². The summed E-state index contributed by atoms with van der Waals surface area (Å²) in [7, 11) is 0. The van der Waals surface area contributed by atoms with Crippen LogP contribution in [0.2, 0.25) is 0 Å². The van der Waals surface area contributed by atoms with E-state index in [1.54, 1.807) is 23.9 Å². The molecule has 9 heteroatoms. The third kappa shape index (κ3) is 5.31. The minimum Gasteiger partial charge on any atom is -0.482 e. The number of carboxylic acid groups (broad SMARTS) is 1. The zero-order chi connectivity index (χ0) is 22.1. The third-order valence-corrected chi connectivity index (χ3v) is 6.73. The van der Waals surface area contributed by atoms with Gasteiger partial charge in [0, 0.05) is 70.1 Å². The molecule has 0 atom stereocenters. The summed E-state index contributed by atoms with van der Waals surface area (Å²) in [6, 6.07) is 14.7. The molecule has 2 aliphatic rings. The van der Waals surface area contributed by atoms with E-state index in [9.17, 15) is 9.59 Å². The first-order chi connectivity index (χ1) is 15.6. The maximum Gasteiger partial charge on any atom is 0.341 e. The van der Waals surface area contributed by atoms with Crippen LogP contribution >= 0.6 is 11.8 Å². The Morgan fingerprint density at radius 2 is 1.91 bits per heavy atom. The van der Waals surface area contributed by atoms with Crippen LogP contribution in [0.25, 0.3) is 11.3 Å². The molecule has 5 rings (SSSR count). The van der Waals surface area contributed by atoms with Gasteiger partial charge in [-0.15, -0.1) is 0 Å². The van der Waals surface area contributed by atoms with Crippen LogP contribution in [-0.2, 0) is 16.0 Å². The van der Waals surface area contributed by atoms with Gasteiger partial charge in [-0.05, 0) is 35.7 Å². The molecular formula is C24H21NNaO6S. The Morgan fingerprint density at radius 3 is 2.70 bits per heavy atom. The molecule has 1 aromatic heterocycles. The van der Waals surface area contributed by atoms with E-state index in [1.165, 1.54) is 6.07 Å². The van der Waals surface area contributed by atoms with Crippen molar-refractivity contribution in [3.63, 3.8) is 0 Å². The summed E-state index contributed by atoms with van der Waals surface area (Å²) in [5, 5.41) is 8.83. The van der Waals surface area contributed by atoms with Gasteiger partial charge in [0.1, 0.15) is 11.5 Å². The van der Waals surface area contributed by atoms with E-state index >= 15 is 0 Å². The summed E-state index contributed by atoms with van der Waals surface area (Å²) in [5.41, 5.74) is 2.99. The van der Waals surface area contributed by atoms with Crippen molar-refractivity contribution >= 4 is 53.2 Å². The summed E-state index contributed by atoms with van der Waals surface area (Å²) < 4.78 is 16.9. The van der Waals surface area contributed by atoms with Crippen molar-refractivity contribution in [1.82, 2.24) is 0 Å². The summed E-state index contributed by atoms with van der Waals surface area (Å²) in [6.45, 7) is 2.23. The van der Waals surface area contributed by atoms with E-state index in [-0.39, 0.29) is 41.6 Å². The maximum atomic E-state index is 12.5. The van der Waals surface area contributed by atoms with Crippen LogP contribution in [0.15, 0.2) is 67.5 Å². The van der Waals surface area contributed by atoms with E-state index in [0.717, 1.165) is 26.5 Å². The number of anilines is 1. The van der Waals surface area contributed by atoms with Crippen molar-refractivity contribution in [3.05, 3.63) is 69.9 Å². The van der Waals surface area contributed by atoms with Crippen LogP contribution in [0.5, 0.6) is 5.75 Å². The molecule has 0 saturated carbocycles. The summed E-state index contributed by atoms with van der Waals surface area (Å²) in [5.74, 6) is 0.645. The van der Waals surface area contributed by atoms with Crippen LogP contribution < -0.4 is 15.1 Å². The van der Waals surface area contributed by atoms with Crippen LogP contribution in [0.4, 0.5) is 5.88 Å². The minimum absolute atomic E-state index is 0. The second kappa shape index (κ2) is 10.4. The molecule has 2 aromatic carbocycles. The first-order valence-electron chi connectivity index (χ1n) is 10.3. The summed E-state index contributed by atoms with van der Waals surface area (Å²) >= 11 is 1.62. The van der Waals surface area contributed by atoms with Gasteiger partial charge in [0.25, 0.3) is 0 Å². The Kier molecular flexibility index (Phi) is 7.51. The number of carboxylic acids is 1. The molecule has 1 fully saturated rings. The molecule has 0 bridgehead atoms. The second-order valence-electron chi connectivity index (χ2n) is 7.62. The van der Waals surface area contributed by atoms with Crippen LogP contribution in [0.3, 0.4) is 0 Å². The molecule has 165 valence electrons. The van der Waals surface area contributed by atoms with Gasteiger partial charge in [-0.2, -0.15) is 0 Å². The fraction of sp³-hybridized carbons (Fsp3) is 0.250. The Labute approximate surface area is 217 Å². The maximum absolute atomic E-state index is 12.5. The number of hydrogen-bond acceptors (Lipinski definition) is 7. The van der Waals surface area contributed by atoms with Crippen molar-refractivity contribution in [2.45, 2.75) is 16.2 Å². The molecule has 0 spiro atoms. The molecule has 1 N–H and O–H groups in total. The van der Waals surface area contributed by atoms with Gasteiger partial charge in [0.05, 0.1) is 13.2 Å². The number of nitrogens with zero attached hydrogens (tertiary/aromatic N) is 1. The number of hydrogen-bond donors (Lipinski definition) is 1. The Balaban J connectivity index is 0.00000259. The summed E-state index contributed by atoms with van der Waals surface area (Å²) in [6.07, 6.45) is 0.684. The smallest absolute Gasteiger partial charge is 0.341 e. The molecule has 3 heterocycles. The Morgan fingerprint density at radius 1 is 1.09 bits per heavy atom. The monoisotopic (exact) mass is 474 g/mol. The van der Waals surface area contributed by atoms with Crippen molar-refractivity contribution in [2.24, 2.45) is 0 Å². The quantitative estimate of drug-likeness (QED) is 0.441. The molecule has 1 saturated heterocycles. The standard InChI is InChI=1S/C24H21NO6S.Na/c26-17-12-20(31-22(13-17)25-6-8-29-9-7-25)19-3-1-2-15-10-16-11-18(30-14-23(27)28)4-5-21(16)32-24(15)19;/h1-5,11-13H,6-10,14H2,(H,27,28);. The zero-order valence-corrected chi connectivity index (χ0v) is 21.0. The average molecular weight is 474 g/mol. The molecule has 3 aromatic rings. The normalized spacial score (nSPS) is 14.6. The van der Waals surface area contributed by atoms with E-state index in [2.05, 4.69) is 6.07 Å². The van der Waals surface area contributed by atoms with Gasteiger partial charge in [0.15, 0.2) is 17.9 Å². The average Bonchev–Trinajstić information content (AvgIpc) is 2.81. The molecule has 1 radical (unpaired) electrons. The first-order valence-corrected chi connectivity index (χ1v) is 11.1. The zero-order valence-electron chi connectivity index (χ0n) is 18.2. The molecule has 33 heavy (non-hydrogen) atoms. The van der Waals surface area contributed by atoms with E-state index in [1.807, 2.05) is 29.2 Å².